The zero-order valence-corrected chi connectivity index (χ0v) is 19.9. The van der Waals surface area contributed by atoms with Crippen molar-refractivity contribution in [3.63, 3.8) is 0 Å². The molecule has 2 aromatic rings. The molecule has 1 atom stereocenters. The van der Waals surface area contributed by atoms with Crippen molar-refractivity contribution in [2.24, 2.45) is 22.2 Å². The summed E-state index contributed by atoms with van der Waals surface area (Å²) in [7, 11) is 0. The maximum atomic E-state index is 12.8. The molecule has 13 heteroatoms. The summed E-state index contributed by atoms with van der Waals surface area (Å²) in [5.74, 6) is -3.33. The number of carboxylic acid groups (broad SMARTS) is 1. The second kappa shape index (κ2) is 13.6. The fourth-order valence-corrected chi connectivity index (χ4v) is 3.20. The van der Waals surface area contributed by atoms with Gasteiger partial charge in [0.15, 0.2) is 12.2 Å². The van der Waals surface area contributed by atoms with Gasteiger partial charge in [0.05, 0.1) is 12.6 Å². The van der Waals surface area contributed by atoms with Crippen LogP contribution in [-0.4, -0.2) is 63.7 Å². The molecule has 0 bridgehead atoms. The third kappa shape index (κ3) is 9.58. The van der Waals surface area contributed by atoms with E-state index < -0.39 is 36.4 Å². The first kappa shape index (κ1) is 28.7. The maximum absolute atomic E-state index is 12.8. The smallest absolute Gasteiger partial charge is 0.372 e. The number of aliphatic hydroxyl groups is 2. The minimum atomic E-state index is -1.61. The molecule has 0 spiro atoms. The lowest BCUT2D eigenvalue weighted by atomic mass is 10.0. The van der Waals surface area contributed by atoms with Gasteiger partial charge in [0.1, 0.15) is 18.2 Å². The lowest BCUT2D eigenvalue weighted by Gasteiger charge is -2.21. The molecule has 0 aliphatic rings. The van der Waals surface area contributed by atoms with Crippen LogP contribution in [0.5, 0.6) is 5.75 Å². The van der Waals surface area contributed by atoms with Gasteiger partial charge in [-0.15, -0.1) is 0 Å². The minimum absolute atomic E-state index is 0.0555. The average Bonchev–Trinajstić information content (AvgIpc) is 2.84. The van der Waals surface area contributed by atoms with Gasteiger partial charge in [-0.1, -0.05) is 24.3 Å². The van der Waals surface area contributed by atoms with Crippen molar-refractivity contribution < 1.29 is 34.4 Å². The number of carboxylic acids is 1. The highest BCUT2D eigenvalue weighted by atomic mass is 16.5. The largest absolute Gasteiger partial charge is 0.491 e. The van der Waals surface area contributed by atoms with Crippen LogP contribution in [0.4, 0.5) is 0 Å². The van der Waals surface area contributed by atoms with E-state index in [1.807, 2.05) is 0 Å². The normalized spacial score (nSPS) is 11.4. The van der Waals surface area contributed by atoms with E-state index in [1.54, 1.807) is 24.3 Å². The molecular formula is C24H30N6O7. The molecule has 0 saturated carbocycles. The van der Waals surface area contributed by atoms with Crippen molar-refractivity contribution in [3.05, 3.63) is 64.7 Å². The summed E-state index contributed by atoms with van der Waals surface area (Å²) in [5.41, 5.74) is 17.8. The Hall–Kier alpha value is -4.49. The number of guanidine groups is 1. The standard InChI is InChI=1S/C24H30N6O7/c25-21(26)16-6-5-15(9-18(31)23(35)36)19(10-16)37-12-17(7-8-20(32)33)30-22(34)14-3-1-13(2-4-14)11-29-24(27)28/h1-6,10,17,20,32-33H,7-9,11-12H2,(H3,25,26)(H,30,34)(H,35,36)(H4,27,28,29)/t17-/m1/s1. The number of nitrogens with zero attached hydrogens (tertiary/aromatic N) is 1. The number of ketones is 1. The number of Topliss-reactive ketones (excluding diaryl/α,β-unsaturated/α-hetero) is 1. The zero-order valence-electron chi connectivity index (χ0n) is 19.9. The Morgan fingerprint density at radius 1 is 1.00 bits per heavy atom. The van der Waals surface area contributed by atoms with Crippen molar-refractivity contribution in [1.82, 2.24) is 5.32 Å². The number of aliphatic imine (C=N–C) groups is 1. The Balaban J connectivity index is 2.19. The van der Waals surface area contributed by atoms with Gasteiger partial charge in [0, 0.05) is 23.1 Å². The van der Waals surface area contributed by atoms with Crippen LogP contribution < -0.4 is 27.3 Å². The van der Waals surface area contributed by atoms with Crippen molar-refractivity contribution in [2.45, 2.75) is 38.1 Å². The number of hydrogen-bond donors (Lipinski definition) is 8. The number of amidine groups is 1. The zero-order chi connectivity index (χ0) is 27.5. The second-order valence-corrected chi connectivity index (χ2v) is 8.12. The molecule has 198 valence electrons. The third-order valence-corrected chi connectivity index (χ3v) is 5.18. The van der Waals surface area contributed by atoms with Crippen LogP contribution in [0, 0.1) is 5.41 Å². The number of rotatable bonds is 14. The second-order valence-electron chi connectivity index (χ2n) is 8.12. The Bertz CT molecular complexity index is 1160. The Kier molecular flexibility index (Phi) is 10.5. The number of carbonyl (C=O) groups is 3. The number of aliphatic hydroxyl groups excluding tert-OH is 1. The number of hydrogen-bond acceptors (Lipinski definition) is 8. The van der Waals surface area contributed by atoms with Crippen molar-refractivity contribution in [2.75, 3.05) is 6.61 Å². The summed E-state index contributed by atoms with van der Waals surface area (Å²) in [4.78, 5) is 39.4. The van der Waals surface area contributed by atoms with Crippen LogP contribution in [0.15, 0.2) is 47.5 Å². The molecule has 37 heavy (non-hydrogen) atoms. The molecule has 0 unspecified atom stereocenters. The van der Waals surface area contributed by atoms with Crippen molar-refractivity contribution in [1.29, 1.82) is 5.41 Å². The van der Waals surface area contributed by atoms with Crippen molar-refractivity contribution >= 4 is 29.5 Å². The lowest BCUT2D eigenvalue weighted by Crippen LogP contribution is -2.39. The Labute approximate surface area is 212 Å². The molecule has 0 saturated heterocycles. The number of nitrogens with one attached hydrogen (secondary N) is 2. The average molecular weight is 515 g/mol. The molecule has 0 heterocycles. The first-order valence-electron chi connectivity index (χ1n) is 11.1. The Morgan fingerprint density at radius 3 is 2.22 bits per heavy atom. The molecule has 0 aliphatic carbocycles. The van der Waals surface area contributed by atoms with Gasteiger partial charge in [-0.2, -0.15) is 0 Å². The number of amides is 1. The van der Waals surface area contributed by atoms with E-state index in [4.69, 9.17) is 32.5 Å². The highest BCUT2D eigenvalue weighted by molar-refractivity contribution is 6.33. The quantitative estimate of drug-likeness (QED) is 0.0675. The van der Waals surface area contributed by atoms with Crippen LogP contribution in [-0.2, 0) is 22.6 Å². The first-order valence-corrected chi connectivity index (χ1v) is 11.1. The summed E-state index contributed by atoms with van der Waals surface area (Å²) in [6.45, 7) is 0.0950. The number of ether oxygens (including phenoxy) is 1. The van der Waals surface area contributed by atoms with Gasteiger partial charge in [0.25, 0.3) is 5.91 Å². The number of nitrogens with two attached hydrogens (primary N) is 3. The van der Waals surface area contributed by atoms with Crippen LogP contribution in [0.2, 0.25) is 0 Å². The molecule has 1 amide bonds. The van der Waals surface area contributed by atoms with E-state index in [9.17, 15) is 24.6 Å². The number of carbonyl (C=O) groups excluding carboxylic acids is 2. The predicted octanol–water partition coefficient (Wildman–Crippen LogP) is -0.791. The van der Waals surface area contributed by atoms with Crippen LogP contribution in [0.1, 0.15) is 39.9 Å². The minimum Gasteiger partial charge on any atom is -0.491 e. The fraction of sp³-hybridized carbons (Fsp3) is 0.292. The van der Waals surface area contributed by atoms with E-state index >= 15 is 0 Å². The van der Waals surface area contributed by atoms with Crippen molar-refractivity contribution in [3.8, 4) is 5.75 Å². The first-order chi connectivity index (χ1) is 17.5. The number of benzene rings is 2. The van der Waals surface area contributed by atoms with Gasteiger partial charge in [-0.3, -0.25) is 15.0 Å². The predicted molar refractivity (Wildman–Crippen MR) is 134 cm³/mol. The molecule has 13 nitrogen and oxygen atoms in total. The lowest BCUT2D eigenvalue weighted by molar-refractivity contribution is -0.148. The molecule has 2 rings (SSSR count). The summed E-state index contributed by atoms with van der Waals surface area (Å²) in [6.07, 6.45) is -2.01. The highest BCUT2D eigenvalue weighted by Gasteiger charge is 2.20. The van der Waals surface area contributed by atoms with Gasteiger partial charge in [-0.25, -0.2) is 9.79 Å². The summed E-state index contributed by atoms with van der Waals surface area (Å²) in [6, 6.07) is 10.1. The highest BCUT2D eigenvalue weighted by Crippen LogP contribution is 2.22. The van der Waals surface area contributed by atoms with Gasteiger partial charge in [0.2, 0.25) is 5.78 Å². The van der Waals surface area contributed by atoms with Crippen LogP contribution >= 0.6 is 0 Å². The molecule has 0 aromatic heterocycles. The van der Waals surface area contributed by atoms with Gasteiger partial charge >= 0.3 is 5.97 Å². The van der Waals surface area contributed by atoms with E-state index in [2.05, 4.69) is 10.3 Å². The Morgan fingerprint density at radius 2 is 1.65 bits per heavy atom. The molecule has 0 aliphatic heterocycles. The fourth-order valence-electron chi connectivity index (χ4n) is 3.20. The topological polar surface area (TPSA) is 247 Å². The van der Waals surface area contributed by atoms with E-state index in [1.165, 1.54) is 18.2 Å². The van der Waals surface area contributed by atoms with Gasteiger partial charge in [-0.05, 0) is 36.6 Å². The van der Waals surface area contributed by atoms with E-state index in [-0.39, 0.29) is 54.7 Å². The SMILES string of the molecule is N=C(N)c1ccc(CC(=O)C(=O)O)c(OC[C@@H](CCC(O)O)NC(=O)c2ccc(CN=C(N)N)cc2)c1. The molecule has 0 radical (unpaired) electrons. The maximum Gasteiger partial charge on any atom is 0.372 e. The van der Waals surface area contributed by atoms with Crippen LogP contribution in [0.3, 0.4) is 0 Å². The number of aliphatic carboxylic acids is 1. The monoisotopic (exact) mass is 514 g/mol. The third-order valence-electron chi connectivity index (χ3n) is 5.18. The summed E-state index contributed by atoms with van der Waals surface area (Å²) < 4.78 is 5.80. The number of nitrogen functional groups attached to an aromatic ring is 1. The molecular weight excluding hydrogens is 484 g/mol. The van der Waals surface area contributed by atoms with E-state index in [0.717, 1.165) is 5.56 Å². The van der Waals surface area contributed by atoms with Crippen LogP contribution in [0.25, 0.3) is 0 Å². The molecule has 0 fully saturated rings. The van der Waals surface area contributed by atoms with E-state index in [0.29, 0.717) is 5.56 Å². The summed E-state index contributed by atoms with van der Waals surface area (Å²) >= 11 is 0. The molecule has 2 aromatic carbocycles. The summed E-state index contributed by atoms with van der Waals surface area (Å²) in [5, 5.41) is 37.9. The van der Waals surface area contributed by atoms with Gasteiger partial charge < -0.3 is 42.6 Å². The molecule has 11 N–H and O–H groups in total.